The van der Waals surface area contributed by atoms with Crippen molar-refractivity contribution in [2.75, 3.05) is 0 Å². The number of amides is 1. The van der Waals surface area contributed by atoms with Crippen molar-refractivity contribution in [2.24, 2.45) is 5.73 Å². The third kappa shape index (κ3) is 5.36. The molecule has 2 N–H and O–H groups in total. The zero-order valence-corrected chi connectivity index (χ0v) is 18.2. The molecule has 0 fully saturated rings. The highest BCUT2D eigenvalue weighted by molar-refractivity contribution is 5.92. The number of nitrogens with two attached hydrogens (primary N) is 1. The second-order valence-electron chi connectivity index (χ2n) is 7.98. The molecule has 0 unspecified atom stereocenters. The topological polar surface area (TPSA) is 87.1 Å². The molecule has 6 nitrogen and oxygen atoms in total. The first-order chi connectivity index (χ1) is 16.0. The minimum Gasteiger partial charge on any atom is -0.366 e. The molecule has 0 aliphatic carbocycles. The highest BCUT2D eigenvalue weighted by Crippen LogP contribution is 2.09. The lowest BCUT2D eigenvalue weighted by molar-refractivity contribution is 0.100. The van der Waals surface area contributed by atoms with Crippen LogP contribution in [0.3, 0.4) is 0 Å². The van der Waals surface area contributed by atoms with Crippen molar-refractivity contribution in [3.05, 3.63) is 140 Å². The summed E-state index contributed by atoms with van der Waals surface area (Å²) in [6, 6.07) is 26.2. The molecule has 166 valence electrons. The smallest absolute Gasteiger partial charge is 0.331 e. The van der Waals surface area contributed by atoms with Crippen LogP contribution in [0, 0.1) is 0 Å². The van der Waals surface area contributed by atoms with Gasteiger partial charge in [-0.1, -0.05) is 72.8 Å². The average molecular weight is 440 g/mol. The van der Waals surface area contributed by atoms with E-state index in [0.29, 0.717) is 30.5 Å². The van der Waals surface area contributed by atoms with Crippen molar-refractivity contribution in [1.82, 2.24) is 9.13 Å². The third-order valence-electron chi connectivity index (χ3n) is 5.61. The van der Waals surface area contributed by atoms with Gasteiger partial charge in [-0.05, 0) is 35.2 Å². The summed E-state index contributed by atoms with van der Waals surface area (Å²) in [5.74, 6) is -0.499. The highest BCUT2D eigenvalue weighted by Gasteiger charge is 2.13. The number of aryl methyl sites for hydroxylation is 2. The van der Waals surface area contributed by atoms with E-state index in [1.54, 1.807) is 35.0 Å². The Bertz CT molecular complexity index is 1360. The van der Waals surface area contributed by atoms with Gasteiger partial charge in [0.25, 0.3) is 5.56 Å². The van der Waals surface area contributed by atoms with E-state index in [2.05, 4.69) is 0 Å². The van der Waals surface area contributed by atoms with Crippen LogP contribution >= 0.6 is 0 Å². The summed E-state index contributed by atoms with van der Waals surface area (Å²) >= 11 is 0. The second kappa shape index (κ2) is 9.96. The monoisotopic (exact) mass is 439 g/mol. The van der Waals surface area contributed by atoms with Crippen LogP contribution in [0.15, 0.2) is 101 Å². The largest absolute Gasteiger partial charge is 0.366 e. The summed E-state index contributed by atoms with van der Waals surface area (Å²) in [6.07, 6.45) is 2.69. The molecule has 4 rings (SSSR count). The van der Waals surface area contributed by atoms with Gasteiger partial charge in [0.15, 0.2) is 0 Å². The molecule has 0 radical (unpaired) electrons. The molecule has 1 heterocycles. The number of hydrogen-bond acceptors (Lipinski definition) is 3. The summed E-state index contributed by atoms with van der Waals surface area (Å²) in [4.78, 5) is 37.8. The number of aromatic nitrogens is 2. The van der Waals surface area contributed by atoms with E-state index < -0.39 is 5.91 Å². The lowest BCUT2D eigenvalue weighted by atomic mass is 10.0. The van der Waals surface area contributed by atoms with Gasteiger partial charge in [0.05, 0.1) is 6.54 Å². The molecule has 0 spiro atoms. The summed E-state index contributed by atoms with van der Waals surface area (Å²) in [5, 5.41) is 0. The van der Waals surface area contributed by atoms with Gasteiger partial charge in [-0.3, -0.25) is 18.7 Å². The van der Waals surface area contributed by atoms with Crippen LogP contribution in [0.25, 0.3) is 0 Å². The fourth-order valence-corrected chi connectivity index (χ4v) is 3.80. The Morgan fingerprint density at radius 2 is 1.36 bits per heavy atom. The van der Waals surface area contributed by atoms with E-state index in [4.69, 9.17) is 5.73 Å². The Balaban J connectivity index is 1.70. The van der Waals surface area contributed by atoms with Gasteiger partial charge in [0.1, 0.15) is 0 Å². The van der Waals surface area contributed by atoms with Crippen molar-refractivity contribution in [3.63, 3.8) is 0 Å². The van der Waals surface area contributed by atoms with Crippen LogP contribution in [0.2, 0.25) is 0 Å². The normalized spacial score (nSPS) is 10.8. The summed E-state index contributed by atoms with van der Waals surface area (Å²) in [6.45, 7) is 0.670. The van der Waals surface area contributed by atoms with Crippen LogP contribution in [0.4, 0.5) is 0 Å². The number of primary amides is 1. The predicted molar refractivity (Wildman–Crippen MR) is 128 cm³/mol. The lowest BCUT2D eigenvalue weighted by Gasteiger charge is -2.14. The molecular weight excluding hydrogens is 414 g/mol. The minimum atomic E-state index is -0.499. The van der Waals surface area contributed by atoms with Gasteiger partial charge in [-0.25, -0.2) is 4.79 Å². The first kappa shape index (κ1) is 22.0. The second-order valence-corrected chi connectivity index (χ2v) is 7.98. The first-order valence-electron chi connectivity index (χ1n) is 10.8. The molecule has 33 heavy (non-hydrogen) atoms. The maximum Gasteiger partial charge on any atom is 0.331 e. The van der Waals surface area contributed by atoms with Crippen molar-refractivity contribution in [3.8, 4) is 0 Å². The maximum atomic E-state index is 13.3. The molecule has 0 bridgehead atoms. The predicted octanol–water partition coefficient (Wildman–Crippen LogP) is 2.99. The average Bonchev–Trinajstić information content (AvgIpc) is 2.84. The van der Waals surface area contributed by atoms with Crippen molar-refractivity contribution in [1.29, 1.82) is 0 Å². The molecule has 4 aromatic rings. The third-order valence-corrected chi connectivity index (χ3v) is 5.61. The number of hydrogen-bond donors (Lipinski definition) is 1. The highest BCUT2D eigenvalue weighted by atomic mass is 16.2. The fraction of sp³-hybridized carbons (Fsp3) is 0.148. The van der Waals surface area contributed by atoms with Gasteiger partial charge in [0.2, 0.25) is 5.91 Å². The Morgan fingerprint density at radius 1 is 0.758 bits per heavy atom. The Hall–Kier alpha value is -4.19. The molecule has 0 atom stereocenters. The molecule has 3 aromatic carbocycles. The molecule has 0 saturated carbocycles. The van der Waals surface area contributed by atoms with Gasteiger partial charge in [-0.15, -0.1) is 0 Å². The van der Waals surface area contributed by atoms with Crippen LogP contribution in [-0.2, 0) is 25.9 Å². The SMILES string of the molecule is NC(=O)c1ccc(Cc2cn(CCc3ccccc3)c(=O)n(Cc3ccccc3)c2=O)cc1. The van der Waals surface area contributed by atoms with E-state index >= 15 is 0 Å². The van der Waals surface area contributed by atoms with Gasteiger partial charge >= 0.3 is 5.69 Å². The Morgan fingerprint density at radius 3 is 1.97 bits per heavy atom. The summed E-state index contributed by atoms with van der Waals surface area (Å²) in [5.41, 5.74) is 8.48. The first-order valence-corrected chi connectivity index (χ1v) is 10.8. The lowest BCUT2D eigenvalue weighted by Crippen LogP contribution is -2.42. The molecule has 1 amide bonds. The molecular formula is C27H25N3O3. The van der Waals surface area contributed by atoms with E-state index in [9.17, 15) is 14.4 Å². The molecule has 1 aromatic heterocycles. The number of nitrogens with zero attached hydrogens (tertiary/aromatic N) is 2. The molecule has 6 heteroatoms. The van der Waals surface area contributed by atoms with Crippen LogP contribution in [-0.4, -0.2) is 15.0 Å². The molecule has 0 aliphatic rings. The summed E-state index contributed by atoms with van der Waals surface area (Å²) < 4.78 is 2.91. The quantitative estimate of drug-likeness (QED) is 0.458. The summed E-state index contributed by atoms with van der Waals surface area (Å²) in [7, 11) is 0. The van der Waals surface area contributed by atoms with Crippen LogP contribution < -0.4 is 17.0 Å². The maximum absolute atomic E-state index is 13.3. The zero-order chi connectivity index (χ0) is 23.2. The minimum absolute atomic E-state index is 0.207. The number of carbonyl (C=O) groups is 1. The van der Waals surface area contributed by atoms with E-state index in [0.717, 1.165) is 16.7 Å². The van der Waals surface area contributed by atoms with E-state index in [-0.39, 0.29) is 17.8 Å². The molecule has 0 saturated heterocycles. The van der Waals surface area contributed by atoms with Crippen LogP contribution in [0.1, 0.15) is 32.6 Å². The Labute approximate surface area is 191 Å². The number of carbonyl (C=O) groups excluding carboxylic acids is 1. The molecule has 0 aliphatic heterocycles. The number of benzene rings is 3. The van der Waals surface area contributed by atoms with Gasteiger partial charge < -0.3 is 5.73 Å². The van der Waals surface area contributed by atoms with Gasteiger partial charge in [0, 0.05) is 30.3 Å². The fourth-order valence-electron chi connectivity index (χ4n) is 3.80. The van der Waals surface area contributed by atoms with Gasteiger partial charge in [-0.2, -0.15) is 0 Å². The van der Waals surface area contributed by atoms with Crippen molar-refractivity contribution in [2.45, 2.75) is 25.9 Å². The number of rotatable bonds is 8. The van der Waals surface area contributed by atoms with E-state index in [1.807, 2.05) is 60.7 Å². The van der Waals surface area contributed by atoms with E-state index in [1.165, 1.54) is 4.57 Å². The van der Waals surface area contributed by atoms with Crippen LogP contribution in [0.5, 0.6) is 0 Å². The standard InChI is InChI=1S/C27H25N3O3/c28-25(31)23-13-11-21(12-14-23)17-24-19-29(16-15-20-7-3-1-4-8-20)27(33)30(26(24)32)18-22-9-5-2-6-10-22/h1-14,19H,15-18H2,(H2,28,31). The van der Waals surface area contributed by atoms with Crippen molar-refractivity contribution < 1.29 is 4.79 Å². The van der Waals surface area contributed by atoms with Crippen molar-refractivity contribution >= 4 is 5.91 Å². The Kier molecular flexibility index (Phi) is 6.64. The zero-order valence-electron chi connectivity index (χ0n) is 18.2.